The molecule has 2 fully saturated rings. The van der Waals surface area contributed by atoms with Gasteiger partial charge in [0.05, 0.1) is 44.7 Å². The average Bonchev–Trinajstić information content (AvgIpc) is 4.12. The zero-order valence-corrected chi connectivity index (χ0v) is 45.5. The van der Waals surface area contributed by atoms with Crippen molar-refractivity contribution in [2.45, 2.75) is 113 Å². The Hall–Kier alpha value is -7.78. The van der Waals surface area contributed by atoms with Crippen LogP contribution in [0, 0.1) is 0 Å². The van der Waals surface area contributed by atoms with Crippen molar-refractivity contribution in [3.8, 4) is 0 Å². The number of nitrogens with zero attached hydrogens (tertiary/aromatic N) is 3. The SMILES string of the molecule is C[C@@H](O)[C@H](NC(=O)CNC(=O)CNC(=O)[C@H](CCCN=C(N)N)NC(=O)CNC(=O)[C@@H]1CCCN1C(=O)CNC(=O)[C@H](CC(=O)O)NC(=O)[C@H](CS)NC(=O)[C@@H]1CCCN1C(=O)[C@@H](N)Cc1ccccc1)C(=O)N[C@@H](CS)C(=O)O. The fraction of sp³-hybridized carbons (Fsp3) is 0.574. The Morgan fingerprint density at radius 3 is 1.81 bits per heavy atom. The molecule has 31 nitrogen and oxygen atoms in total. The van der Waals surface area contributed by atoms with Gasteiger partial charge >= 0.3 is 11.9 Å². The highest BCUT2D eigenvalue weighted by atomic mass is 32.1. The van der Waals surface area contributed by atoms with Crippen LogP contribution in [-0.4, -0.2) is 220 Å². The molecular formula is C47H71N15O16S2. The normalized spacial score (nSPS) is 17.3. The third-order valence-electron chi connectivity index (χ3n) is 12.3. The zero-order valence-electron chi connectivity index (χ0n) is 43.7. The standard InChI is InChI=1S/C47H71N15O16S2/c1-24(63)38(44(75)59-30(23-80)46(77)78)60-35(66)19-52-33(64)18-53-39(70)27(10-5-13-51-47(49)50)56-34(65)20-54-42(73)31-11-6-14-61(31)36(67)21-55-40(71)28(17-37(68)69)57-41(72)29(22-79)58-43(74)32-12-7-15-62(32)45(76)26(48)16-25-8-3-2-4-9-25/h2-4,8-9,24,26-32,38,63,79-80H,5-7,10-23,48H2,1H3,(H,52,64)(H,53,70)(H,54,73)(H,55,71)(H,56,65)(H,57,72)(H,58,74)(H,59,75)(H,60,66)(H,68,69)(H,77,78)(H4,49,50,51)/t24-,26+,27+,28+,29+,30+,31+,32+,38+/m1/s1. The third kappa shape index (κ3) is 22.2. The predicted molar refractivity (Wildman–Crippen MR) is 288 cm³/mol. The summed E-state index contributed by atoms with van der Waals surface area (Å²) in [5.74, 6) is -13.2. The number of guanidine groups is 1. The van der Waals surface area contributed by atoms with Crippen LogP contribution in [0.15, 0.2) is 35.3 Å². The number of benzene rings is 1. The fourth-order valence-electron chi connectivity index (χ4n) is 8.23. The van der Waals surface area contributed by atoms with Gasteiger partial charge in [0.15, 0.2) is 5.96 Å². The Morgan fingerprint density at radius 1 is 0.650 bits per heavy atom. The number of nitrogens with one attached hydrogen (secondary N) is 9. The van der Waals surface area contributed by atoms with Crippen molar-refractivity contribution >= 4 is 108 Å². The average molecular weight is 1170 g/mol. The topological polar surface area (TPSA) is 488 Å². The van der Waals surface area contributed by atoms with Gasteiger partial charge in [0.2, 0.25) is 65.0 Å². The molecule has 0 aliphatic carbocycles. The summed E-state index contributed by atoms with van der Waals surface area (Å²) >= 11 is 8.00. The number of aliphatic imine (C=N–C) groups is 1. The van der Waals surface area contributed by atoms with E-state index in [-0.39, 0.29) is 69.2 Å². The molecule has 1 aromatic rings. The summed E-state index contributed by atoms with van der Waals surface area (Å²) in [5, 5.41) is 49.4. The molecule has 442 valence electrons. The summed E-state index contributed by atoms with van der Waals surface area (Å²) in [6.45, 7) is -1.46. The number of thiol groups is 2. The van der Waals surface area contributed by atoms with Crippen molar-refractivity contribution < 1.29 is 77.6 Å². The first kappa shape index (κ1) is 66.5. The van der Waals surface area contributed by atoms with Crippen molar-refractivity contribution in [2.24, 2.45) is 22.2 Å². The molecule has 80 heavy (non-hydrogen) atoms. The van der Waals surface area contributed by atoms with E-state index in [9.17, 15) is 72.5 Å². The van der Waals surface area contributed by atoms with E-state index < -0.39 is 164 Å². The van der Waals surface area contributed by atoms with E-state index in [0.717, 1.165) is 17.4 Å². The van der Waals surface area contributed by atoms with Crippen LogP contribution < -0.4 is 65.1 Å². The molecule has 2 aliphatic heterocycles. The maximum absolute atomic E-state index is 13.5. The maximum Gasteiger partial charge on any atom is 0.327 e. The second kappa shape index (κ2) is 33.6. The number of amides is 11. The van der Waals surface area contributed by atoms with Gasteiger partial charge < -0.3 is 90.2 Å². The van der Waals surface area contributed by atoms with Gasteiger partial charge in [-0.25, -0.2) is 4.79 Å². The lowest BCUT2D eigenvalue weighted by Crippen LogP contribution is -2.58. The van der Waals surface area contributed by atoms with Crippen molar-refractivity contribution in [1.29, 1.82) is 0 Å². The van der Waals surface area contributed by atoms with Crippen LogP contribution in [0.25, 0.3) is 0 Å². The van der Waals surface area contributed by atoms with Crippen LogP contribution in [0.3, 0.4) is 0 Å². The van der Waals surface area contributed by atoms with Gasteiger partial charge in [0.25, 0.3) is 0 Å². The lowest BCUT2D eigenvalue weighted by molar-refractivity contribution is -0.142. The fourth-order valence-corrected chi connectivity index (χ4v) is 8.73. The predicted octanol–water partition coefficient (Wildman–Crippen LogP) is -7.72. The van der Waals surface area contributed by atoms with Gasteiger partial charge in [-0.05, 0) is 57.4 Å². The molecule has 0 saturated carbocycles. The highest BCUT2D eigenvalue weighted by molar-refractivity contribution is 7.80. The van der Waals surface area contributed by atoms with E-state index in [4.69, 9.17) is 22.3 Å². The van der Waals surface area contributed by atoms with Crippen LogP contribution in [0.1, 0.15) is 57.4 Å². The number of carbonyl (C=O) groups is 13. The van der Waals surface area contributed by atoms with Gasteiger partial charge in [-0.15, -0.1) is 0 Å². The Bertz CT molecular complexity index is 2440. The molecule has 2 heterocycles. The number of likely N-dealkylation sites (tertiary alicyclic amines) is 2. The van der Waals surface area contributed by atoms with E-state index in [2.05, 4.69) is 78.1 Å². The number of hydrogen-bond donors (Lipinski definition) is 17. The number of aliphatic hydroxyl groups is 1. The summed E-state index contributed by atoms with van der Waals surface area (Å²) in [7, 11) is 0. The summed E-state index contributed by atoms with van der Waals surface area (Å²) in [6, 6.07) is -1.52. The number of aliphatic carboxylic acids is 2. The van der Waals surface area contributed by atoms with E-state index >= 15 is 0 Å². The number of nitrogens with two attached hydrogens (primary N) is 3. The first-order chi connectivity index (χ1) is 37.9. The van der Waals surface area contributed by atoms with Gasteiger partial charge in [0.1, 0.15) is 42.3 Å². The largest absolute Gasteiger partial charge is 0.481 e. The molecule has 0 spiro atoms. The van der Waals surface area contributed by atoms with Crippen molar-refractivity contribution in [2.75, 3.05) is 57.3 Å². The Labute approximate surface area is 470 Å². The zero-order chi connectivity index (χ0) is 59.6. The molecule has 0 bridgehead atoms. The highest BCUT2D eigenvalue weighted by Crippen LogP contribution is 2.20. The third-order valence-corrected chi connectivity index (χ3v) is 13.1. The Balaban J connectivity index is 1.53. The van der Waals surface area contributed by atoms with E-state index in [1.54, 1.807) is 12.1 Å². The second-order valence-corrected chi connectivity index (χ2v) is 19.2. The number of carboxylic acids is 2. The smallest absolute Gasteiger partial charge is 0.327 e. The van der Waals surface area contributed by atoms with Crippen LogP contribution in [0.4, 0.5) is 0 Å². The lowest BCUT2D eigenvalue weighted by Gasteiger charge is -2.28. The molecule has 11 amide bonds. The van der Waals surface area contributed by atoms with E-state index in [1.807, 2.05) is 18.2 Å². The highest BCUT2D eigenvalue weighted by Gasteiger charge is 2.39. The van der Waals surface area contributed by atoms with Crippen LogP contribution in [0.5, 0.6) is 0 Å². The molecule has 3 rings (SSSR count). The first-order valence-corrected chi connectivity index (χ1v) is 26.5. The van der Waals surface area contributed by atoms with Gasteiger partial charge in [0, 0.05) is 31.1 Å². The van der Waals surface area contributed by atoms with Gasteiger partial charge in [-0.3, -0.25) is 62.5 Å². The van der Waals surface area contributed by atoms with Crippen LogP contribution in [0.2, 0.25) is 0 Å². The summed E-state index contributed by atoms with van der Waals surface area (Å²) in [6.07, 6.45) is -0.938. The van der Waals surface area contributed by atoms with Crippen molar-refractivity contribution in [3.63, 3.8) is 0 Å². The van der Waals surface area contributed by atoms with Crippen molar-refractivity contribution in [1.82, 2.24) is 57.7 Å². The quantitative estimate of drug-likeness (QED) is 0.0138. The molecule has 33 heteroatoms. The molecule has 0 unspecified atom stereocenters. The molecule has 2 aliphatic rings. The molecule has 0 aromatic heterocycles. The van der Waals surface area contributed by atoms with E-state index in [0.29, 0.717) is 12.8 Å². The summed E-state index contributed by atoms with van der Waals surface area (Å²) in [5.41, 5.74) is 17.8. The number of carboxylic acid groups (broad SMARTS) is 2. The second-order valence-electron chi connectivity index (χ2n) is 18.5. The summed E-state index contributed by atoms with van der Waals surface area (Å²) < 4.78 is 0. The number of hydrogen-bond acceptors (Lipinski definition) is 18. The maximum atomic E-state index is 13.5. The summed E-state index contributed by atoms with van der Waals surface area (Å²) in [4.78, 5) is 173. The van der Waals surface area contributed by atoms with Crippen molar-refractivity contribution in [3.05, 3.63) is 35.9 Å². The van der Waals surface area contributed by atoms with E-state index in [1.165, 1.54) is 4.90 Å². The minimum Gasteiger partial charge on any atom is -0.481 e. The van der Waals surface area contributed by atoms with Crippen LogP contribution in [-0.2, 0) is 68.7 Å². The number of rotatable bonds is 32. The first-order valence-electron chi connectivity index (χ1n) is 25.3. The molecule has 18 N–H and O–H groups in total. The Kier molecular flexibility index (Phi) is 27.9. The minimum atomic E-state index is -1.75. The van der Waals surface area contributed by atoms with Crippen LogP contribution >= 0.6 is 25.3 Å². The lowest BCUT2D eigenvalue weighted by atomic mass is 10.0. The van der Waals surface area contributed by atoms with Gasteiger partial charge in [-0.2, -0.15) is 25.3 Å². The number of carbonyl (C=O) groups excluding carboxylic acids is 11. The Morgan fingerprint density at radius 2 is 1.21 bits per heavy atom. The monoisotopic (exact) mass is 1170 g/mol. The minimum absolute atomic E-state index is 0.0277. The molecule has 9 atom stereocenters. The number of aliphatic hydroxyl groups excluding tert-OH is 1. The molecule has 1 aromatic carbocycles. The molecule has 0 radical (unpaired) electrons. The molecule has 2 saturated heterocycles. The van der Waals surface area contributed by atoms with Gasteiger partial charge in [-0.1, -0.05) is 30.3 Å². The molecular weight excluding hydrogens is 1090 g/mol.